The second kappa shape index (κ2) is 9.09. The van der Waals surface area contributed by atoms with Gasteiger partial charge >= 0.3 is 0 Å². The first-order valence-corrected chi connectivity index (χ1v) is 11.0. The van der Waals surface area contributed by atoms with Gasteiger partial charge in [0, 0.05) is 39.1 Å². The molecule has 0 spiro atoms. The van der Waals surface area contributed by atoms with Gasteiger partial charge < -0.3 is 9.64 Å². The van der Waals surface area contributed by atoms with Gasteiger partial charge in [0.25, 0.3) is 0 Å². The second-order valence-corrected chi connectivity index (χ2v) is 8.34. The van der Waals surface area contributed by atoms with E-state index in [4.69, 9.17) is 9.73 Å². The van der Waals surface area contributed by atoms with E-state index in [9.17, 15) is 0 Å². The minimum Gasteiger partial charge on any atom is -0.496 e. The Morgan fingerprint density at radius 3 is 2.74 bits per heavy atom. The van der Waals surface area contributed by atoms with Crippen molar-refractivity contribution in [2.24, 2.45) is 4.99 Å². The number of methoxy groups -OCH3 is 1. The van der Waals surface area contributed by atoms with E-state index in [0.29, 0.717) is 0 Å². The average Bonchev–Trinajstić information content (AvgIpc) is 2.74. The molecule has 1 aliphatic carbocycles. The Bertz CT molecular complexity index is 649. The minimum absolute atomic E-state index is 0.724. The van der Waals surface area contributed by atoms with Crippen LogP contribution < -0.4 is 4.74 Å². The number of piperazine rings is 1. The van der Waals surface area contributed by atoms with Crippen molar-refractivity contribution >= 4 is 5.84 Å². The molecule has 4 heteroatoms. The van der Waals surface area contributed by atoms with E-state index >= 15 is 0 Å². The van der Waals surface area contributed by atoms with Crippen LogP contribution in [0.2, 0.25) is 0 Å². The number of fused-ring (bicyclic) bond motifs is 1. The van der Waals surface area contributed by atoms with Crippen LogP contribution in [-0.4, -0.2) is 62.0 Å². The highest BCUT2D eigenvalue weighted by molar-refractivity contribution is 5.82. The van der Waals surface area contributed by atoms with E-state index in [2.05, 4.69) is 28.0 Å². The van der Waals surface area contributed by atoms with Crippen LogP contribution in [0.25, 0.3) is 0 Å². The molecule has 1 unspecified atom stereocenters. The number of aliphatic imine (C=N–C) groups is 1. The topological polar surface area (TPSA) is 28.1 Å². The van der Waals surface area contributed by atoms with Crippen molar-refractivity contribution in [1.82, 2.24) is 9.80 Å². The predicted molar refractivity (Wildman–Crippen MR) is 112 cm³/mol. The van der Waals surface area contributed by atoms with Crippen molar-refractivity contribution in [1.29, 1.82) is 0 Å². The number of benzene rings is 1. The number of amidine groups is 1. The number of ether oxygens (including phenoxy) is 1. The summed E-state index contributed by atoms with van der Waals surface area (Å²) in [6.45, 7) is 7.03. The standard InChI is InChI=1S/C23H35N3O/c1-27-22-11-5-9-20-19(7-4-10-21(20)22)8-6-14-25-15-17-26(18-16-25)23-12-2-3-13-24-23/h5,9,11,19H,2-4,6-8,10,12-18H2,1H3. The molecule has 4 nitrogen and oxygen atoms in total. The highest BCUT2D eigenvalue weighted by Crippen LogP contribution is 2.38. The molecular weight excluding hydrogens is 334 g/mol. The third kappa shape index (κ3) is 4.48. The summed E-state index contributed by atoms with van der Waals surface area (Å²) in [5.41, 5.74) is 3.03. The fraction of sp³-hybridized carbons (Fsp3) is 0.696. The summed E-state index contributed by atoms with van der Waals surface area (Å²) in [4.78, 5) is 9.95. The first kappa shape index (κ1) is 18.8. The van der Waals surface area contributed by atoms with Gasteiger partial charge in [-0.05, 0) is 74.6 Å². The lowest BCUT2D eigenvalue weighted by molar-refractivity contribution is 0.175. The van der Waals surface area contributed by atoms with Crippen LogP contribution in [0.4, 0.5) is 0 Å². The second-order valence-electron chi connectivity index (χ2n) is 8.34. The first-order chi connectivity index (χ1) is 13.3. The maximum Gasteiger partial charge on any atom is 0.122 e. The van der Waals surface area contributed by atoms with E-state index in [-0.39, 0.29) is 0 Å². The Hall–Kier alpha value is -1.55. The van der Waals surface area contributed by atoms with Crippen molar-refractivity contribution < 1.29 is 4.74 Å². The Kier molecular flexibility index (Phi) is 6.33. The molecule has 27 heavy (non-hydrogen) atoms. The molecule has 0 aromatic heterocycles. The Morgan fingerprint density at radius 1 is 1.07 bits per heavy atom. The number of nitrogens with zero attached hydrogens (tertiary/aromatic N) is 3. The maximum atomic E-state index is 5.60. The van der Waals surface area contributed by atoms with Gasteiger partial charge in [-0.3, -0.25) is 9.89 Å². The van der Waals surface area contributed by atoms with E-state index in [1.807, 2.05) is 0 Å². The normalized spacial score (nSPS) is 23.7. The zero-order valence-corrected chi connectivity index (χ0v) is 17.0. The molecule has 1 aromatic rings. The van der Waals surface area contributed by atoms with Crippen LogP contribution in [0.3, 0.4) is 0 Å². The molecule has 0 saturated carbocycles. The van der Waals surface area contributed by atoms with Gasteiger partial charge in [-0.25, -0.2) is 0 Å². The van der Waals surface area contributed by atoms with E-state index in [0.717, 1.165) is 18.2 Å². The molecule has 2 aliphatic heterocycles. The van der Waals surface area contributed by atoms with Gasteiger partial charge in [-0.15, -0.1) is 0 Å². The summed E-state index contributed by atoms with van der Waals surface area (Å²) in [5, 5.41) is 0. The van der Waals surface area contributed by atoms with Gasteiger partial charge in [0.05, 0.1) is 12.9 Å². The fourth-order valence-electron chi connectivity index (χ4n) is 5.14. The van der Waals surface area contributed by atoms with Crippen LogP contribution in [0.5, 0.6) is 5.75 Å². The predicted octanol–water partition coefficient (Wildman–Crippen LogP) is 4.10. The van der Waals surface area contributed by atoms with Gasteiger partial charge in [0.15, 0.2) is 0 Å². The number of hydrogen-bond donors (Lipinski definition) is 0. The molecule has 3 aliphatic rings. The molecule has 0 amide bonds. The molecule has 1 saturated heterocycles. The Balaban J connectivity index is 1.24. The smallest absolute Gasteiger partial charge is 0.122 e. The largest absolute Gasteiger partial charge is 0.496 e. The van der Waals surface area contributed by atoms with Gasteiger partial charge in [-0.2, -0.15) is 0 Å². The molecule has 1 fully saturated rings. The van der Waals surface area contributed by atoms with Crippen LogP contribution in [0.15, 0.2) is 23.2 Å². The summed E-state index contributed by atoms with van der Waals surface area (Å²) in [6, 6.07) is 6.63. The lowest BCUT2D eigenvalue weighted by Gasteiger charge is -2.37. The molecule has 0 bridgehead atoms. The summed E-state index contributed by atoms with van der Waals surface area (Å²) >= 11 is 0. The van der Waals surface area contributed by atoms with E-state index in [1.54, 1.807) is 12.7 Å². The fourth-order valence-corrected chi connectivity index (χ4v) is 5.14. The monoisotopic (exact) mass is 369 g/mol. The van der Waals surface area contributed by atoms with Crippen LogP contribution in [-0.2, 0) is 6.42 Å². The highest BCUT2D eigenvalue weighted by Gasteiger charge is 2.24. The average molecular weight is 370 g/mol. The molecule has 0 radical (unpaired) electrons. The molecule has 1 atom stereocenters. The lowest BCUT2D eigenvalue weighted by atomic mass is 9.80. The molecule has 148 valence electrons. The van der Waals surface area contributed by atoms with Gasteiger partial charge in [-0.1, -0.05) is 12.1 Å². The van der Waals surface area contributed by atoms with Gasteiger partial charge in [0.1, 0.15) is 5.75 Å². The van der Waals surface area contributed by atoms with Crippen molar-refractivity contribution in [3.8, 4) is 5.75 Å². The maximum absolute atomic E-state index is 5.60. The summed E-state index contributed by atoms with van der Waals surface area (Å²) in [5.74, 6) is 3.20. The quantitative estimate of drug-likeness (QED) is 0.782. The highest BCUT2D eigenvalue weighted by atomic mass is 16.5. The van der Waals surface area contributed by atoms with Crippen molar-refractivity contribution in [3.05, 3.63) is 29.3 Å². The number of rotatable bonds is 5. The molecule has 1 aromatic carbocycles. The minimum atomic E-state index is 0.724. The van der Waals surface area contributed by atoms with Crippen LogP contribution in [0.1, 0.15) is 62.0 Å². The summed E-state index contributed by atoms with van der Waals surface area (Å²) in [7, 11) is 1.80. The first-order valence-electron chi connectivity index (χ1n) is 11.0. The molecule has 4 rings (SSSR count). The SMILES string of the molecule is COc1cccc2c1CCCC2CCCN1CCN(C2=NCCCC2)CC1. The van der Waals surface area contributed by atoms with Crippen LogP contribution in [0, 0.1) is 0 Å². The number of hydrogen-bond acceptors (Lipinski definition) is 4. The lowest BCUT2D eigenvalue weighted by Crippen LogP contribution is -2.49. The zero-order chi connectivity index (χ0) is 18.5. The van der Waals surface area contributed by atoms with Crippen molar-refractivity contribution in [2.75, 3.05) is 46.4 Å². The van der Waals surface area contributed by atoms with E-state index in [1.165, 1.54) is 95.5 Å². The zero-order valence-electron chi connectivity index (χ0n) is 17.0. The van der Waals surface area contributed by atoms with Crippen molar-refractivity contribution in [3.63, 3.8) is 0 Å². The third-order valence-electron chi connectivity index (χ3n) is 6.68. The van der Waals surface area contributed by atoms with Crippen molar-refractivity contribution in [2.45, 2.75) is 57.3 Å². The van der Waals surface area contributed by atoms with E-state index < -0.39 is 0 Å². The van der Waals surface area contributed by atoms with Crippen LogP contribution >= 0.6 is 0 Å². The molecule has 2 heterocycles. The summed E-state index contributed by atoms with van der Waals surface area (Å²) < 4.78 is 5.60. The Labute approximate surface area is 164 Å². The van der Waals surface area contributed by atoms with Gasteiger partial charge in [0.2, 0.25) is 0 Å². The Morgan fingerprint density at radius 2 is 1.96 bits per heavy atom. The third-order valence-corrected chi connectivity index (χ3v) is 6.68. The molecular formula is C23H35N3O. The molecule has 0 N–H and O–H groups in total. The summed E-state index contributed by atoms with van der Waals surface area (Å²) in [6.07, 6.45) is 10.3.